The van der Waals surface area contributed by atoms with Crippen LogP contribution in [0.25, 0.3) is 5.57 Å². The molecule has 2 saturated heterocycles. The van der Waals surface area contributed by atoms with Gasteiger partial charge in [-0.05, 0) is 36.4 Å². The molecule has 2 fully saturated rings. The number of nitrogens with zero attached hydrogens (tertiary/aromatic N) is 3. The smallest absolute Gasteiger partial charge is 0.339 e. The van der Waals surface area contributed by atoms with E-state index in [9.17, 15) is 21.6 Å². The van der Waals surface area contributed by atoms with Gasteiger partial charge in [-0.25, -0.2) is 4.99 Å². The molecule has 0 unspecified atom stereocenters. The number of hydrogen-bond donors (Lipinski definition) is 3. The summed E-state index contributed by atoms with van der Waals surface area (Å²) in [6.45, 7) is 3.65. The molecule has 2 aromatic carbocycles. The van der Waals surface area contributed by atoms with Gasteiger partial charge in [0.1, 0.15) is 5.84 Å². The van der Waals surface area contributed by atoms with E-state index < -0.39 is 22.0 Å². The number of benzene rings is 2. The van der Waals surface area contributed by atoms with Crippen LogP contribution in [0.3, 0.4) is 0 Å². The molecule has 8 nitrogen and oxygen atoms in total. The minimum atomic E-state index is -4.70. The van der Waals surface area contributed by atoms with Crippen LogP contribution in [0.4, 0.5) is 24.5 Å². The highest BCUT2D eigenvalue weighted by Gasteiger charge is 2.37. The quantitative estimate of drug-likeness (QED) is 0.502. The lowest BCUT2D eigenvalue weighted by atomic mass is 10.0. The second-order valence-corrected chi connectivity index (χ2v) is 11.4. The highest BCUT2D eigenvalue weighted by molar-refractivity contribution is 7.90. The van der Waals surface area contributed by atoms with Crippen molar-refractivity contribution in [1.82, 2.24) is 14.5 Å². The number of allylic oxidation sites excluding steroid dienone is 1. The minimum absolute atomic E-state index is 0.00896. The summed E-state index contributed by atoms with van der Waals surface area (Å²) in [5, 5.41) is 6.48. The Morgan fingerprint density at radius 1 is 0.973 bits per heavy atom. The Balaban J connectivity index is 1.45. The summed E-state index contributed by atoms with van der Waals surface area (Å²) >= 11 is 12.2. The van der Waals surface area contributed by atoms with Crippen LogP contribution in [0.5, 0.6) is 0 Å². The molecule has 14 heteroatoms. The number of halogens is 5. The molecule has 37 heavy (non-hydrogen) atoms. The number of hydrogen-bond acceptors (Lipinski definition) is 6. The average Bonchev–Trinajstić information content (AvgIpc) is 2.99. The molecule has 0 amide bonds. The fourth-order valence-electron chi connectivity index (χ4n) is 4.42. The van der Waals surface area contributed by atoms with Crippen molar-refractivity contribution in [1.29, 1.82) is 0 Å². The van der Waals surface area contributed by atoms with Crippen LogP contribution in [-0.2, 0) is 10.2 Å². The van der Waals surface area contributed by atoms with Gasteiger partial charge in [0.2, 0.25) is 0 Å². The Kier molecular flexibility index (Phi) is 7.16. The van der Waals surface area contributed by atoms with Crippen molar-refractivity contribution in [2.45, 2.75) is 12.2 Å². The fourth-order valence-corrected chi connectivity index (χ4v) is 5.99. The van der Waals surface area contributed by atoms with Crippen molar-refractivity contribution in [3.05, 3.63) is 63.8 Å². The molecule has 3 aliphatic rings. The SMILES string of the molecule is O=S(=O)(Nc1ccc(Cl)cc1C1=NC=C(C(F)(F)F)c2cc(Cl)ccc2N1)N1CCN(C2CNC2)CC1. The highest BCUT2D eigenvalue weighted by atomic mass is 35.5. The molecule has 0 aromatic heterocycles. The van der Waals surface area contributed by atoms with E-state index in [2.05, 4.69) is 25.2 Å². The van der Waals surface area contributed by atoms with E-state index in [0.717, 1.165) is 13.1 Å². The number of aliphatic imine (C=N–C) groups is 1. The maximum atomic E-state index is 13.8. The van der Waals surface area contributed by atoms with Crippen molar-refractivity contribution in [2.75, 3.05) is 49.3 Å². The molecule has 0 atom stereocenters. The first-order chi connectivity index (χ1) is 17.5. The predicted octanol–water partition coefficient (Wildman–Crippen LogP) is 4.02. The second-order valence-electron chi connectivity index (χ2n) is 8.88. The van der Waals surface area contributed by atoms with Gasteiger partial charge in [0, 0.05) is 78.4 Å². The van der Waals surface area contributed by atoms with Gasteiger partial charge < -0.3 is 10.6 Å². The Morgan fingerprint density at radius 2 is 1.62 bits per heavy atom. The molecular weight excluding hydrogens is 552 g/mol. The summed E-state index contributed by atoms with van der Waals surface area (Å²) in [4.78, 5) is 6.29. The summed E-state index contributed by atoms with van der Waals surface area (Å²) in [6.07, 6.45) is -4.01. The molecular formula is C23H23Cl2F3N6O2S. The van der Waals surface area contributed by atoms with Crippen LogP contribution in [0, 0.1) is 0 Å². The van der Waals surface area contributed by atoms with Gasteiger partial charge in [-0.15, -0.1) is 0 Å². The lowest BCUT2D eigenvalue weighted by molar-refractivity contribution is -0.0689. The van der Waals surface area contributed by atoms with Gasteiger partial charge >= 0.3 is 16.4 Å². The number of piperazine rings is 1. The van der Waals surface area contributed by atoms with Crippen LogP contribution < -0.4 is 15.4 Å². The van der Waals surface area contributed by atoms with Gasteiger partial charge in [-0.1, -0.05) is 23.2 Å². The van der Waals surface area contributed by atoms with Gasteiger partial charge in [-0.3, -0.25) is 9.62 Å². The monoisotopic (exact) mass is 574 g/mol. The largest absolute Gasteiger partial charge is 0.418 e. The third-order valence-electron chi connectivity index (χ3n) is 6.52. The zero-order valence-electron chi connectivity index (χ0n) is 19.3. The molecule has 0 bridgehead atoms. The lowest BCUT2D eigenvalue weighted by Gasteiger charge is -2.42. The van der Waals surface area contributed by atoms with Crippen LogP contribution >= 0.6 is 23.2 Å². The molecule has 0 saturated carbocycles. The third kappa shape index (κ3) is 5.59. The molecule has 3 N–H and O–H groups in total. The van der Waals surface area contributed by atoms with E-state index in [0.29, 0.717) is 38.4 Å². The Morgan fingerprint density at radius 3 is 2.24 bits per heavy atom. The second kappa shape index (κ2) is 10.1. The Labute approximate surface area is 222 Å². The Hall–Kier alpha value is -2.35. The lowest BCUT2D eigenvalue weighted by Crippen LogP contribution is -2.62. The number of alkyl halides is 3. The molecule has 0 aliphatic carbocycles. The van der Waals surface area contributed by atoms with Crippen molar-refractivity contribution >= 4 is 56.2 Å². The summed E-state index contributed by atoms with van der Waals surface area (Å²) in [6, 6.07) is 8.86. The number of amidine groups is 1. The van der Waals surface area contributed by atoms with Crippen LogP contribution in [-0.4, -0.2) is 74.9 Å². The number of nitrogens with one attached hydrogen (secondary N) is 3. The van der Waals surface area contributed by atoms with Crippen molar-refractivity contribution < 1.29 is 21.6 Å². The molecule has 0 spiro atoms. The van der Waals surface area contributed by atoms with E-state index in [1.54, 1.807) is 0 Å². The van der Waals surface area contributed by atoms with Gasteiger partial charge in [0.15, 0.2) is 0 Å². The standard InChI is InChI=1S/C23H23Cl2F3N6O2S/c24-14-1-3-20-17(9-14)19(23(26,27)28)13-30-22(31-20)18-10-15(25)2-4-21(18)32-37(35,36)34-7-5-33(6-8-34)16-11-29-12-16/h1-4,9-10,13,16,29,32H,5-8,11-12H2,(H,30,31). The maximum absolute atomic E-state index is 13.8. The summed E-state index contributed by atoms with van der Waals surface area (Å²) in [5.41, 5.74) is -0.741. The van der Waals surface area contributed by atoms with E-state index >= 15 is 0 Å². The molecule has 5 rings (SSSR count). The fraction of sp³-hybridized carbons (Fsp3) is 0.348. The van der Waals surface area contributed by atoms with E-state index in [-0.39, 0.29) is 38.4 Å². The van der Waals surface area contributed by atoms with Gasteiger partial charge in [-0.2, -0.15) is 25.9 Å². The normalized spacial score (nSPS) is 19.7. The molecule has 2 aromatic rings. The van der Waals surface area contributed by atoms with Crippen molar-refractivity contribution in [3.63, 3.8) is 0 Å². The number of rotatable bonds is 5. The minimum Gasteiger partial charge on any atom is -0.339 e. The van der Waals surface area contributed by atoms with E-state index in [1.807, 2.05) is 0 Å². The van der Waals surface area contributed by atoms with Crippen LogP contribution in [0.2, 0.25) is 10.0 Å². The third-order valence-corrected chi connectivity index (χ3v) is 8.51. The van der Waals surface area contributed by atoms with Crippen molar-refractivity contribution in [3.8, 4) is 0 Å². The maximum Gasteiger partial charge on any atom is 0.418 e. The summed E-state index contributed by atoms with van der Waals surface area (Å²) in [7, 11) is -3.96. The van der Waals surface area contributed by atoms with E-state index in [1.165, 1.54) is 40.7 Å². The molecule has 0 radical (unpaired) electrons. The Bertz CT molecular complexity index is 1370. The van der Waals surface area contributed by atoms with Gasteiger partial charge in [0.05, 0.1) is 11.3 Å². The first-order valence-electron chi connectivity index (χ1n) is 11.5. The van der Waals surface area contributed by atoms with Crippen molar-refractivity contribution in [2.24, 2.45) is 4.99 Å². The molecule has 3 heterocycles. The first kappa shape index (κ1) is 26.3. The van der Waals surface area contributed by atoms with Gasteiger partial charge in [0.25, 0.3) is 0 Å². The van der Waals surface area contributed by atoms with Crippen LogP contribution in [0.1, 0.15) is 11.1 Å². The number of anilines is 2. The summed E-state index contributed by atoms with van der Waals surface area (Å²) in [5.74, 6) is -0.00896. The predicted molar refractivity (Wildman–Crippen MR) is 139 cm³/mol. The zero-order chi connectivity index (χ0) is 26.4. The van der Waals surface area contributed by atoms with E-state index in [4.69, 9.17) is 23.2 Å². The number of fused-ring (bicyclic) bond motifs is 1. The first-order valence-corrected chi connectivity index (χ1v) is 13.7. The highest BCUT2D eigenvalue weighted by Crippen LogP contribution is 2.40. The molecule has 3 aliphatic heterocycles. The average molecular weight is 575 g/mol. The summed E-state index contributed by atoms with van der Waals surface area (Å²) < 4.78 is 71.8. The molecule has 198 valence electrons. The van der Waals surface area contributed by atoms with Crippen LogP contribution in [0.15, 0.2) is 47.6 Å². The topological polar surface area (TPSA) is 89.1 Å². The zero-order valence-corrected chi connectivity index (χ0v) is 21.6.